The van der Waals surface area contributed by atoms with Crippen LogP contribution in [0.1, 0.15) is 11.1 Å². The largest absolute Gasteiger partial charge is 0.487 e. The molecule has 1 aromatic heterocycles. The van der Waals surface area contributed by atoms with Crippen LogP contribution < -0.4 is 14.1 Å². The molecule has 0 bridgehead atoms. The highest BCUT2D eigenvalue weighted by atomic mass is 31.0. The fourth-order valence-corrected chi connectivity index (χ4v) is 3.48. The molecule has 0 radical (unpaired) electrons. The number of fused-ring (bicyclic) bond motifs is 1. The highest BCUT2D eigenvalue weighted by Gasteiger charge is 2.19. The fraction of sp³-hybridized carbons (Fsp3) is 0.304. The van der Waals surface area contributed by atoms with Gasteiger partial charge in [-0.15, -0.1) is 6.42 Å². The van der Waals surface area contributed by atoms with E-state index in [9.17, 15) is 0 Å². The van der Waals surface area contributed by atoms with Gasteiger partial charge in [-0.25, -0.2) is 9.97 Å². The Morgan fingerprint density at radius 2 is 1.77 bits per heavy atom. The third-order valence-electron chi connectivity index (χ3n) is 4.66. The molecule has 0 saturated heterocycles. The number of benzene rings is 2. The van der Waals surface area contributed by atoms with Crippen LogP contribution in [0.4, 0.5) is 11.5 Å². The van der Waals surface area contributed by atoms with Gasteiger partial charge in [0.25, 0.3) is 0 Å². The van der Waals surface area contributed by atoms with Gasteiger partial charge in [0.15, 0.2) is 11.5 Å². The SMILES string of the molecule is C#Cc1cccc(N(P)c2ncnc3c(C)c(OCCOC)c(OCCOC)cc23)c1. The first-order valence-electron chi connectivity index (χ1n) is 9.74. The third kappa shape index (κ3) is 5.23. The summed E-state index contributed by atoms with van der Waals surface area (Å²) in [6.45, 7) is 3.67. The number of methoxy groups -OCH3 is 2. The lowest BCUT2D eigenvalue weighted by atomic mass is 10.1. The van der Waals surface area contributed by atoms with Crippen molar-refractivity contribution in [2.45, 2.75) is 6.92 Å². The molecule has 0 aliphatic rings. The van der Waals surface area contributed by atoms with Gasteiger partial charge in [0.1, 0.15) is 25.4 Å². The normalized spacial score (nSPS) is 10.7. The topological polar surface area (TPSA) is 65.9 Å². The fourth-order valence-electron chi connectivity index (χ4n) is 3.12. The van der Waals surface area contributed by atoms with Crippen LogP contribution in [-0.4, -0.2) is 50.6 Å². The molecule has 0 N–H and O–H groups in total. The Morgan fingerprint density at radius 1 is 1.03 bits per heavy atom. The molecule has 1 heterocycles. The van der Waals surface area contributed by atoms with Crippen LogP contribution in [0.5, 0.6) is 11.5 Å². The number of rotatable bonds is 10. The first-order chi connectivity index (χ1) is 15.1. The molecule has 0 saturated carbocycles. The van der Waals surface area contributed by atoms with Crippen molar-refractivity contribution in [3.8, 4) is 23.8 Å². The van der Waals surface area contributed by atoms with Gasteiger partial charge < -0.3 is 23.6 Å². The summed E-state index contributed by atoms with van der Waals surface area (Å²) in [5, 5.41) is 0.826. The predicted molar refractivity (Wildman–Crippen MR) is 125 cm³/mol. The van der Waals surface area contributed by atoms with Gasteiger partial charge in [-0.3, -0.25) is 0 Å². The van der Waals surface area contributed by atoms with Crippen LogP contribution in [0, 0.1) is 19.3 Å². The van der Waals surface area contributed by atoms with Crippen LogP contribution in [-0.2, 0) is 9.47 Å². The summed E-state index contributed by atoms with van der Waals surface area (Å²) in [5.74, 6) is 4.60. The van der Waals surface area contributed by atoms with Crippen molar-refractivity contribution in [1.82, 2.24) is 9.97 Å². The Hall–Kier alpha value is -2.91. The van der Waals surface area contributed by atoms with Gasteiger partial charge in [-0.2, -0.15) is 0 Å². The highest BCUT2D eigenvalue weighted by Crippen LogP contribution is 2.41. The molecule has 0 aliphatic heterocycles. The van der Waals surface area contributed by atoms with E-state index in [0.29, 0.717) is 43.7 Å². The van der Waals surface area contributed by atoms with Gasteiger partial charge >= 0.3 is 0 Å². The molecule has 2 aromatic carbocycles. The molecular weight excluding hydrogens is 413 g/mol. The molecule has 0 amide bonds. The van der Waals surface area contributed by atoms with Crippen LogP contribution in [0.15, 0.2) is 36.7 Å². The van der Waals surface area contributed by atoms with E-state index in [1.54, 1.807) is 14.2 Å². The monoisotopic (exact) mass is 439 g/mol. The smallest absolute Gasteiger partial charge is 0.166 e. The minimum Gasteiger partial charge on any atom is -0.487 e. The quantitative estimate of drug-likeness (QED) is 0.270. The molecule has 0 fully saturated rings. The second kappa shape index (κ2) is 10.9. The van der Waals surface area contributed by atoms with E-state index in [1.165, 1.54) is 6.33 Å². The molecule has 0 spiro atoms. The number of aromatic nitrogens is 2. The van der Waals surface area contributed by atoms with Crippen LogP contribution in [0.25, 0.3) is 10.9 Å². The zero-order valence-electron chi connectivity index (χ0n) is 17.9. The number of terminal acetylenes is 1. The Kier molecular flexibility index (Phi) is 8.02. The summed E-state index contributed by atoms with van der Waals surface area (Å²) in [5.41, 5.74) is 3.31. The lowest BCUT2D eigenvalue weighted by Crippen LogP contribution is -2.11. The van der Waals surface area contributed by atoms with Crippen molar-refractivity contribution in [1.29, 1.82) is 0 Å². The zero-order chi connectivity index (χ0) is 22.2. The lowest BCUT2D eigenvalue weighted by Gasteiger charge is -2.22. The molecule has 3 aromatic rings. The van der Waals surface area contributed by atoms with E-state index < -0.39 is 0 Å². The summed E-state index contributed by atoms with van der Waals surface area (Å²) < 4.78 is 24.1. The summed E-state index contributed by atoms with van der Waals surface area (Å²) in [4.78, 5) is 9.03. The van der Waals surface area contributed by atoms with Gasteiger partial charge in [0.2, 0.25) is 0 Å². The van der Waals surface area contributed by atoms with Crippen molar-refractivity contribution in [2.24, 2.45) is 0 Å². The minimum absolute atomic E-state index is 0.389. The van der Waals surface area contributed by atoms with Crippen LogP contribution in [0.3, 0.4) is 0 Å². The number of ether oxygens (including phenoxy) is 4. The zero-order valence-corrected chi connectivity index (χ0v) is 19.1. The standard InChI is InChI=1S/C23H26N3O4P/c1-5-17-7-6-8-18(13-17)26(31)23-19-14-20(29-11-9-27-3)22(30-12-10-28-4)16(2)21(19)24-15-25-23/h1,6-8,13-15H,9-12,31H2,2-4H3. The number of aryl methyl sites for hydroxylation is 1. The van der Waals surface area contributed by atoms with Gasteiger partial charge in [-0.05, 0) is 40.6 Å². The third-order valence-corrected chi connectivity index (χ3v) is 5.20. The Bertz CT molecular complexity index is 1080. The van der Waals surface area contributed by atoms with E-state index in [4.69, 9.17) is 25.4 Å². The predicted octanol–water partition coefficient (Wildman–Crippen LogP) is 3.90. The maximum Gasteiger partial charge on any atom is 0.166 e. The lowest BCUT2D eigenvalue weighted by molar-refractivity contribution is 0.132. The average molecular weight is 439 g/mol. The van der Waals surface area contributed by atoms with Gasteiger partial charge in [0, 0.05) is 36.4 Å². The maximum atomic E-state index is 5.98. The average Bonchev–Trinajstić information content (AvgIpc) is 2.80. The second-order valence-corrected chi connectivity index (χ2v) is 7.19. The minimum atomic E-state index is 0.389. The molecule has 31 heavy (non-hydrogen) atoms. The van der Waals surface area contributed by atoms with E-state index in [2.05, 4.69) is 25.3 Å². The first-order valence-corrected chi connectivity index (χ1v) is 10.3. The van der Waals surface area contributed by atoms with Gasteiger partial charge in [0.05, 0.1) is 18.7 Å². The Balaban J connectivity index is 2.10. The molecule has 1 unspecified atom stereocenters. The van der Waals surface area contributed by atoms with E-state index >= 15 is 0 Å². The number of hydrogen-bond acceptors (Lipinski definition) is 7. The highest BCUT2D eigenvalue weighted by molar-refractivity contribution is 7.20. The molecule has 0 aliphatic carbocycles. The van der Waals surface area contributed by atoms with Crippen molar-refractivity contribution >= 4 is 31.8 Å². The Morgan fingerprint density at radius 3 is 2.48 bits per heavy atom. The van der Waals surface area contributed by atoms with E-state index in [0.717, 1.165) is 27.7 Å². The molecule has 8 heteroatoms. The first kappa shape index (κ1) is 22.8. The van der Waals surface area contributed by atoms with Crippen LogP contribution in [0.2, 0.25) is 0 Å². The van der Waals surface area contributed by atoms with E-state index in [-0.39, 0.29) is 0 Å². The maximum absolute atomic E-state index is 5.98. The molecule has 162 valence electrons. The molecule has 3 rings (SSSR count). The van der Waals surface area contributed by atoms with Crippen molar-refractivity contribution in [2.75, 3.05) is 45.3 Å². The van der Waals surface area contributed by atoms with Crippen molar-refractivity contribution < 1.29 is 18.9 Å². The van der Waals surface area contributed by atoms with Crippen molar-refractivity contribution in [3.05, 3.63) is 47.8 Å². The van der Waals surface area contributed by atoms with Gasteiger partial charge in [-0.1, -0.05) is 12.0 Å². The number of hydrogen-bond donors (Lipinski definition) is 0. The van der Waals surface area contributed by atoms with Crippen molar-refractivity contribution in [3.63, 3.8) is 0 Å². The number of nitrogens with zero attached hydrogens (tertiary/aromatic N) is 3. The Labute approximate surface area is 184 Å². The second-order valence-electron chi connectivity index (χ2n) is 6.67. The molecule has 1 atom stereocenters. The van der Waals surface area contributed by atoms with E-state index in [1.807, 2.05) is 41.9 Å². The molecule has 7 nitrogen and oxygen atoms in total. The summed E-state index contributed by atoms with van der Waals surface area (Å²) in [6.07, 6.45) is 7.10. The number of anilines is 2. The summed E-state index contributed by atoms with van der Waals surface area (Å²) in [6, 6.07) is 9.59. The van der Waals surface area contributed by atoms with Crippen LogP contribution >= 0.6 is 9.39 Å². The summed E-state index contributed by atoms with van der Waals surface area (Å²) >= 11 is 0. The summed E-state index contributed by atoms with van der Waals surface area (Å²) in [7, 11) is 5.96. The molecular formula is C23H26N3O4P.